The minimum Gasteiger partial charge on any atom is -0.456 e. The number of aryl methyl sites for hydroxylation is 1. The fourth-order valence-electron chi connectivity index (χ4n) is 4.95. The highest BCUT2D eigenvalue weighted by atomic mass is 16.3. The average molecular weight is 308 g/mol. The van der Waals surface area contributed by atoms with E-state index in [4.69, 9.17) is 4.42 Å². The summed E-state index contributed by atoms with van der Waals surface area (Å²) >= 11 is 0. The van der Waals surface area contributed by atoms with Crippen molar-refractivity contribution in [2.45, 2.75) is 24.7 Å². The van der Waals surface area contributed by atoms with Crippen LogP contribution in [0.25, 0.3) is 27.8 Å². The highest BCUT2D eigenvalue weighted by molar-refractivity contribution is 6.23. The predicted octanol–water partition coefficient (Wildman–Crippen LogP) is 4.81. The van der Waals surface area contributed by atoms with Crippen molar-refractivity contribution in [2.24, 2.45) is 0 Å². The zero-order valence-corrected chi connectivity index (χ0v) is 13.7. The lowest BCUT2D eigenvalue weighted by Crippen LogP contribution is -2.04. The number of furan rings is 1. The van der Waals surface area contributed by atoms with Crippen molar-refractivity contribution >= 4 is 35.7 Å². The number of hydrogen-bond donors (Lipinski definition) is 0. The van der Waals surface area contributed by atoms with Crippen molar-refractivity contribution in [3.63, 3.8) is 0 Å². The first-order chi connectivity index (χ1) is 11.8. The number of hydrogen-bond acceptors (Lipinski definition) is 1. The molecule has 0 amide bonds. The molecule has 0 N–H and O–H groups in total. The van der Waals surface area contributed by atoms with Gasteiger partial charge in [0.2, 0.25) is 0 Å². The molecule has 2 atom stereocenters. The van der Waals surface area contributed by atoms with Crippen LogP contribution >= 0.6 is 0 Å². The van der Waals surface area contributed by atoms with E-state index in [0.717, 1.165) is 24.2 Å². The Balaban J connectivity index is 1.78. The van der Waals surface area contributed by atoms with Gasteiger partial charge in [-0.25, -0.2) is 0 Å². The maximum Gasteiger partial charge on any atom is 0.138 e. The van der Waals surface area contributed by atoms with Crippen molar-refractivity contribution < 1.29 is 4.42 Å². The van der Waals surface area contributed by atoms with Crippen molar-refractivity contribution in [1.82, 2.24) is 0 Å². The topological polar surface area (TPSA) is 13.1 Å². The first kappa shape index (κ1) is 12.9. The number of allylic oxidation sites excluding steroid dienone is 5. The molecule has 2 aromatic carbocycles. The standard InChI is InChI=1S/C22H17BO/c23-12-8-9-13-17(10-12)14-5-3-6-16-21(14)18(13)11-20-22(16)15-4-1-2-7-19(15)24-20/h2-3,5-11,13,17H,1,4,23H2. The molecule has 1 heterocycles. The molecule has 2 unspecified atom stereocenters. The molecule has 114 valence electrons. The Morgan fingerprint density at radius 2 is 2.00 bits per heavy atom. The van der Waals surface area contributed by atoms with Crippen LogP contribution in [0.2, 0.25) is 0 Å². The molecule has 3 aliphatic carbocycles. The van der Waals surface area contributed by atoms with Crippen LogP contribution in [-0.2, 0) is 6.42 Å². The summed E-state index contributed by atoms with van der Waals surface area (Å²) in [5.74, 6) is 2.00. The van der Waals surface area contributed by atoms with E-state index in [1.54, 1.807) is 0 Å². The van der Waals surface area contributed by atoms with Crippen molar-refractivity contribution in [2.75, 3.05) is 0 Å². The number of benzene rings is 2. The maximum absolute atomic E-state index is 6.24. The highest BCUT2D eigenvalue weighted by Gasteiger charge is 2.34. The molecule has 3 aliphatic rings. The van der Waals surface area contributed by atoms with Crippen molar-refractivity contribution in [1.29, 1.82) is 0 Å². The molecular formula is C22H17BO. The molecule has 0 saturated heterocycles. The quantitative estimate of drug-likeness (QED) is 0.543. The van der Waals surface area contributed by atoms with E-state index in [0.29, 0.717) is 11.8 Å². The minimum atomic E-state index is 0.454. The molecule has 24 heavy (non-hydrogen) atoms. The molecular weight excluding hydrogens is 291 g/mol. The maximum atomic E-state index is 6.24. The molecule has 3 aromatic rings. The van der Waals surface area contributed by atoms with Crippen LogP contribution in [0.5, 0.6) is 0 Å². The molecule has 0 spiro atoms. The summed E-state index contributed by atoms with van der Waals surface area (Å²) in [5, 5.41) is 4.20. The van der Waals surface area contributed by atoms with E-state index in [1.165, 1.54) is 38.3 Å². The summed E-state index contributed by atoms with van der Waals surface area (Å²) in [6, 6.07) is 9.15. The second kappa shape index (κ2) is 4.33. The smallest absolute Gasteiger partial charge is 0.138 e. The Labute approximate surface area is 141 Å². The molecule has 0 fully saturated rings. The van der Waals surface area contributed by atoms with Crippen LogP contribution in [0.3, 0.4) is 0 Å². The summed E-state index contributed by atoms with van der Waals surface area (Å²) in [7, 11) is 2.20. The van der Waals surface area contributed by atoms with Gasteiger partial charge < -0.3 is 4.42 Å². The highest BCUT2D eigenvalue weighted by Crippen LogP contribution is 2.52. The normalized spacial score (nSPS) is 23.6. The molecule has 0 bridgehead atoms. The second-order valence-electron chi connectivity index (χ2n) is 7.32. The van der Waals surface area contributed by atoms with Gasteiger partial charge in [0, 0.05) is 22.8 Å². The Bertz CT molecular complexity index is 1130. The van der Waals surface area contributed by atoms with Gasteiger partial charge in [-0.05, 0) is 46.9 Å². The SMILES string of the molecule is BC1=CC2c3cccc4c3c(cc3oc5c(c34)CCC=C5)C2C=C1. The lowest BCUT2D eigenvalue weighted by molar-refractivity contribution is 0.594. The molecule has 1 nitrogen and oxygen atoms in total. The largest absolute Gasteiger partial charge is 0.456 e. The first-order valence-corrected chi connectivity index (χ1v) is 8.85. The fourth-order valence-corrected chi connectivity index (χ4v) is 4.95. The van der Waals surface area contributed by atoms with Crippen molar-refractivity contribution in [3.8, 4) is 0 Å². The zero-order valence-electron chi connectivity index (χ0n) is 13.7. The monoisotopic (exact) mass is 308 g/mol. The van der Waals surface area contributed by atoms with E-state index in [1.807, 2.05) is 0 Å². The molecule has 0 aliphatic heterocycles. The minimum absolute atomic E-state index is 0.454. The summed E-state index contributed by atoms with van der Waals surface area (Å²) < 4.78 is 6.24. The van der Waals surface area contributed by atoms with Crippen LogP contribution in [0.4, 0.5) is 0 Å². The van der Waals surface area contributed by atoms with E-state index in [9.17, 15) is 0 Å². The summed E-state index contributed by atoms with van der Waals surface area (Å²) in [4.78, 5) is 0. The second-order valence-corrected chi connectivity index (χ2v) is 7.32. The van der Waals surface area contributed by atoms with Crippen LogP contribution in [0.15, 0.2) is 58.5 Å². The zero-order chi connectivity index (χ0) is 15.8. The van der Waals surface area contributed by atoms with E-state index in [-0.39, 0.29) is 0 Å². The van der Waals surface area contributed by atoms with Crippen molar-refractivity contribution in [3.05, 3.63) is 76.5 Å². The Morgan fingerprint density at radius 3 is 2.96 bits per heavy atom. The third-order valence-electron chi connectivity index (χ3n) is 5.95. The van der Waals surface area contributed by atoms with Gasteiger partial charge in [0.25, 0.3) is 0 Å². The molecule has 6 rings (SSSR count). The van der Waals surface area contributed by atoms with Crippen LogP contribution < -0.4 is 0 Å². The van der Waals surface area contributed by atoms with Gasteiger partial charge in [-0.3, -0.25) is 0 Å². The Hall–Kier alpha value is -2.48. The van der Waals surface area contributed by atoms with Crippen LogP contribution in [0, 0.1) is 0 Å². The molecule has 0 saturated carbocycles. The van der Waals surface area contributed by atoms with Crippen LogP contribution in [-0.4, -0.2) is 7.85 Å². The predicted molar refractivity (Wildman–Crippen MR) is 102 cm³/mol. The van der Waals surface area contributed by atoms with Gasteiger partial charge in [-0.1, -0.05) is 48.0 Å². The Morgan fingerprint density at radius 1 is 1.04 bits per heavy atom. The van der Waals surface area contributed by atoms with E-state index >= 15 is 0 Å². The van der Waals surface area contributed by atoms with Gasteiger partial charge in [0.05, 0.1) is 0 Å². The summed E-state index contributed by atoms with van der Waals surface area (Å²) in [5.41, 5.74) is 6.75. The number of fused-ring (bicyclic) bond motifs is 7. The van der Waals surface area contributed by atoms with Gasteiger partial charge in [-0.2, -0.15) is 0 Å². The lowest BCUT2D eigenvalue weighted by Gasteiger charge is -2.19. The molecule has 1 aromatic heterocycles. The summed E-state index contributed by atoms with van der Waals surface area (Å²) in [6.07, 6.45) is 13.6. The molecule has 2 heteroatoms. The van der Waals surface area contributed by atoms with E-state index < -0.39 is 0 Å². The first-order valence-electron chi connectivity index (χ1n) is 8.85. The van der Waals surface area contributed by atoms with Gasteiger partial charge in [0.1, 0.15) is 19.2 Å². The fraction of sp³-hybridized carbons (Fsp3) is 0.182. The number of rotatable bonds is 0. The average Bonchev–Trinajstić information content (AvgIpc) is 3.13. The third kappa shape index (κ3) is 1.47. The third-order valence-corrected chi connectivity index (χ3v) is 5.95. The summed E-state index contributed by atoms with van der Waals surface area (Å²) in [6.45, 7) is 0. The van der Waals surface area contributed by atoms with E-state index in [2.05, 4.69) is 62.5 Å². The van der Waals surface area contributed by atoms with Crippen LogP contribution in [0.1, 0.15) is 40.7 Å². The van der Waals surface area contributed by atoms with Gasteiger partial charge >= 0.3 is 0 Å². The molecule has 0 radical (unpaired) electrons. The lowest BCUT2D eigenvalue weighted by atomic mass is 9.79. The van der Waals surface area contributed by atoms with Gasteiger partial charge in [-0.15, -0.1) is 0 Å². The van der Waals surface area contributed by atoms with Gasteiger partial charge in [0.15, 0.2) is 0 Å². The Kier molecular flexibility index (Phi) is 2.32.